The van der Waals surface area contributed by atoms with Crippen LogP contribution < -0.4 is 0 Å². The molecule has 0 aliphatic heterocycles. The predicted molar refractivity (Wildman–Crippen MR) is 65.0 cm³/mol. The lowest BCUT2D eigenvalue weighted by molar-refractivity contribution is 0.271. The predicted octanol–water partition coefficient (Wildman–Crippen LogP) is 2.48. The number of halogens is 2. The number of rotatable bonds is 4. The maximum absolute atomic E-state index is 13.0. The van der Waals surface area contributed by atoms with Crippen molar-refractivity contribution in [1.82, 2.24) is 9.55 Å². The van der Waals surface area contributed by atoms with Crippen molar-refractivity contribution in [3.8, 4) is 0 Å². The summed E-state index contributed by atoms with van der Waals surface area (Å²) in [7, 11) is 1.78. The Morgan fingerprint density at radius 3 is 2.50 bits per heavy atom. The van der Waals surface area contributed by atoms with Crippen LogP contribution in [0.1, 0.15) is 11.3 Å². The largest absolute Gasteiger partial charge is 0.390 e. The van der Waals surface area contributed by atoms with E-state index in [0.717, 1.165) is 6.07 Å². The van der Waals surface area contributed by atoms with Crippen LogP contribution >= 0.6 is 11.8 Å². The Kier molecular flexibility index (Phi) is 3.98. The zero-order valence-electron chi connectivity index (χ0n) is 9.73. The molecule has 0 radical (unpaired) electrons. The van der Waals surface area contributed by atoms with Gasteiger partial charge in [0.05, 0.1) is 18.5 Å². The molecule has 0 unspecified atom stereocenters. The van der Waals surface area contributed by atoms with Crippen LogP contribution in [0.4, 0.5) is 8.78 Å². The van der Waals surface area contributed by atoms with Crippen LogP contribution in [0.2, 0.25) is 0 Å². The van der Waals surface area contributed by atoms with Crippen LogP contribution in [0.15, 0.2) is 29.6 Å². The van der Waals surface area contributed by atoms with E-state index in [4.69, 9.17) is 5.11 Å². The van der Waals surface area contributed by atoms with Gasteiger partial charge in [-0.15, -0.1) is 0 Å². The van der Waals surface area contributed by atoms with Crippen LogP contribution in [0.25, 0.3) is 0 Å². The summed E-state index contributed by atoms with van der Waals surface area (Å²) in [6.07, 6.45) is 1.58. The van der Waals surface area contributed by atoms with E-state index in [1.165, 1.54) is 23.9 Å². The van der Waals surface area contributed by atoms with Crippen molar-refractivity contribution in [2.75, 3.05) is 0 Å². The summed E-state index contributed by atoms with van der Waals surface area (Å²) in [4.78, 5) is 4.12. The Balaban J connectivity index is 2.09. The van der Waals surface area contributed by atoms with Gasteiger partial charge in [-0.1, -0.05) is 11.8 Å². The van der Waals surface area contributed by atoms with Gasteiger partial charge in [0.15, 0.2) is 5.16 Å². The molecule has 0 fully saturated rings. The lowest BCUT2D eigenvalue weighted by atomic mass is 10.2. The van der Waals surface area contributed by atoms with Crippen molar-refractivity contribution in [3.63, 3.8) is 0 Å². The minimum absolute atomic E-state index is 0.0847. The molecule has 0 bridgehead atoms. The van der Waals surface area contributed by atoms with Gasteiger partial charge in [-0.3, -0.25) is 0 Å². The van der Waals surface area contributed by atoms with Crippen LogP contribution in [-0.2, 0) is 19.4 Å². The summed E-state index contributed by atoms with van der Waals surface area (Å²) < 4.78 is 27.7. The molecule has 1 aromatic heterocycles. The second-order valence-electron chi connectivity index (χ2n) is 3.82. The maximum atomic E-state index is 13.0. The first-order valence-corrected chi connectivity index (χ1v) is 6.28. The molecule has 18 heavy (non-hydrogen) atoms. The summed E-state index contributed by atoms with van der Waals surface area (Å²) in [6, 6.07) is 3.44. The zero-order chi connectivity index (χ0) is 13.1. The number of aliphatic hydroxyl groups excluding tert-OH is 1. The van der Waals surface area contributed by atoms with Gasteiger partial charge in [-0.2, -0.15) is 0 Å². The van der Waals surface area contributed by atoms with E-state index in [0.29, 0.717) is 22.2 Å². The smallest absolute Gasteiger partial charge is 0.168 e. The van der Waals surface area contributed by atoms with Gasteiger partial charge in [0.2, 0.25) is 0 Å². The fourth-order valence-corrected chi connectivity index (χ4v) is 2.45. The Morgan fingerprint density at radius 1 is 1.28 bits per heavy atom. The third kappa shape index (κ3) is 2.88. The molecule has 0 spiro atoms. The first-order valence-electron chi connectivity index (χ1n) is 5.29. The molecule has 96 valence electrons. The molecule has 0 saturated carbocycles. The molecule has 6 heteroatoms. The summed E-state index contributed by atoms with van der Waals surface area (Å²) in [5.74, 6) is -0.743. The van der Waals surface area contributed by atoms with Gasteiger partial charge in [0.1, 0.15) is 11.6 Å². The van der Waals surface area contributed by atoms with Crippen LogP contribution in [0, 0.1) is 11.6 Å². The van der Waals surface area contributed by atoms with Crippen molar-refractivity contribution in [3.05, 3.63) is 47.3 Å². The van der Waals surface area contributed by atoms with E-state index < -0.39 is 11.6 Å². The average molecular weight is 270 g/mol. The summed E-state index contributed by atoms with van der Waals surface area (Å²) in [6.45, 7) is -0.0847. The number of hydrogen-bond donors (Lipinski definition) is 1. The molecule has 2 rings (SSSR count). The zero-order valence-corrected chi connectivity index (χ0v) is 10.5. The summed E-state index contributed by atoms with van der Waals surface area (Å²) >= 11 is 1.36. The molecule has 0 aliphatic carbocycles. The Bertz CT molecular complexity index is 537. The highest BCUT2D eigenvalue weighted by Gasteiger charge is 2.07. The third-order valence-corrected chi connectivity index (χ3v) is 3.61. The monoisotopic (exact) mass is 270 g/mol. The van der Waals surface area contributed by atoms with Crippen molar-refractivity contribution in [2.45, 2.75) is 17.5 Å². The number of hydrogen-bond acceptors (Lipinski definition) is 3. The van der Waals surface area contributed by atoms with E-state index in [9.17, 15) is 8.78 Å². The molecule has 3 nitrogen and oxygen atoms in total. The van der Waals surface area contributed by atoms with Crippen LogP contribution in [-0.4, -0.2) is 14.7 Å². The van der Waals surface area contributed by atoms with Crippen molar-refractivity contribution in [1.29, 1.82) is 0 Å². The van der Waals surface area contributed by atoms with Gasteiger partial charge < -0.3 is 9.67 Å². The highest BCUT2D eigenvalue weighted by Crippen LogP contribution is 2.23. The number of nitrogens with zero attached hydrogens (tertiary/aromatic N) is 2. The first-order chi connectivity index (χ1) is 8.60. The topological polar surface area (TPSA) is 38.0 Å². The molecular formula is C12H12F2N2OS. The van der Waals surface area contributed by atoms with E-state index in [1.807, 2.05) is 0 Å². The van der Waals surface area contributed by atoms with Gasteiger partial charge in [0, 0.05) is 18.9 Å². The fourth-order valence-electron chi connectivity index (χ4n) is 1.55. The van der Waals surface area contributed by atoms with E-state index >= 15 is 0 Å². The van der Waals surface area contributed by atoms with Gasteiger partial charge in [-0.25, -0.2) is 13.8 Å². The molecule has 1 N–H and O–H groups in total. The van der Waals surface area contributed by atoms with Crippen molar-refractivity contribution < 1.29 is 13.9 Å². The molecule has 1 heterocycles. The van der Waals surface area contributed by atoms with Gasteiger partial charge in [-0.05, 0) is 17.7 Å². The Hall–Kier alpha value is -1.40. The number of benzene rings is 1. The fraction of sp³-hybridized carbons (Fsp3) is 0.250. The standard InChI is InChI=1S/C12H12F2N2OS/c1-16-11(6-17)5-15-12(16)18-7-8-2-9(13)4-10(14)3-8/h2-5,17H,6-7H2,1H3. The van der Waals surface area contributed by atoms with Gasteiger partial charge in [0.25, 0.3) is 0 Å². The maximum Gasteiger partial charge on any atom is 0.168 e. The second-order valence-corrected chi connectivity index (χ2v) is 4.76. The van der Waals surface area contributed by atoms with Crippen LogP contribution in [0.3, 0.4) is 0 Å². The van der Waals surface area contributed by atoms with E-state index in [1.54, 1.807) is 17.8 Å². The van der Waals surface area contributed by atoms with Crippen molar-refractivity contribution in [2.24, 2.45) is 7.05 Å². The minimum atomic E-state index is -0.582. The van der Waals surface area contributed by atoms with Gasteiger partial charge >= 0.3 is 0 Å². The molecule has 2 aromatic rings. The number of imidazole rings is 1. The SMILES string of the molecule is Cn1c(CO)cnc1SCc1cc(F)cc(F)c1. The number of thioether (sulfide) groups is 1. The second kappa shape index (κ2) is 5.49. The summed E-state index contributed by atoms with van der Waals surface area (Å²) in [5.41, 5.74) is 1.26. The highest BCUT2D eigenvalue weighted by molar-refractivity contribution is 7.98. The lowest BCUT2D eigenvalue weighted by Crippen LogP contribution is -1.97. The van der Waals surface area contributed by atoms with Crippen molar-refractivity contribution >= 4 is 11.8 Å². The first kappa shape index (κ1) is 13.0. The average Bonchev–Trinajstić information content (AvgIpc) is 2.66. The van der Waals surface area contributed by atoms with Crippen LogP contribution in [0.5, 0.6) is 0 Å². The molecule has 0 aliphatic rings. The molecule has 0 atom stereocenters. The molecular weight excluding hydrogens is 258 g/mol. The molecule has 0 amide bonds. The Morgan fingerprint density at radius 2 is 1.94 bits per heavy atom. The molecule has 1 aromatic carbocycles. The third-order valence-electron chi connectivity index (χ3n) is 2.49. The normalized spacial score (nSPS) is 10.9. The Labute approximate surface area is 107 Å². The quantitative estimate of drug-likeness (QED) is 0.867. The lowest BCUT2D eigenvalue weighted by Gasteiger charge is -2.04. The van der Waals surface area contributed by atoms with E-state index in [-0.39, 0.29) is 6.61 Å². The number of aromatic nitrogens is 2. The highest BCUT2D eigenvalue weighted by atomic mass is 32.2. The van der Waals surface area contributed by atoms with E-state index in [2.05, 4.69) is 4.98 Å². The summed E-state index contributed by atoms with van der Waals surface area (Å²) in [5, 5.41) is 9.72. The molecule has 0 saturated heterocycles. The minimum Gasteiger partial charge on any atom is -0.390 e. The number of aliphatic hydroxyl groups is 1.